The summed E-state index contributed by atoms with van der Waals surface area (Å²) in [7, 11) is 2.11. The number of nitrogens with zero attached hydrogens (tertiary/aromatic N) is 2. The van der Waals surface area contributed by atoms with Crippen LogP contribution in [0.3, 0.4) is 0 Å². The van der Waals surface area contributed by atoms with Crippen molar-refractivity contribution in [2.45, 2.75) is 6.92 Å². The minimum Gasteiger partial charge on any atom is -0.335 e. The molecule has 1 fully saturated rings. The molecule has 0 radical (unpaired) electrons. The van der Waals surface area contributed by atoms with Crippen LogP contribution in [-0.4, -0.2) is 49.1 Å². The second-order valence-electron chi connectivity index (χ2n) is 5.09. The molecule has 0 unspecified atom stereocenters. The van der Waals surface area contributed by atoms with Gasteiger partial charge in [0.2, 0.25) is 0 Å². The zero-order valence-corrected chi connectivity index (χ0v) is 11.7. The zero-order chi connectivity index (χ0) is 14.7. The van der Waals surface area contributed by atoms with Crippen molar-refractivity contribution in [1.82, 2.24) is 10.4 Å². The Labute approximate surface area is 117 Å². The fraction of sp³-hybridized carbons (Fsp3) is 0.462. The summed E-state index contributed by atoms with van der Waals surface area (Å²) in [5, 5.41) is 12.8. The van der Waals surface area contributed by atoms with Gasteiger partial charge < -0.3 is 4.90 Å². The molecule has 0 aliphatic carbocycles. The maximum atomic E-state index is 12.2. The molecule has 1 aromatic rings. The van der Waals surface area contributed by atoms with E-state index in [2.05, 4.69) is 12.5 Å². The molecule has 1 amide bonds. The van der Waals surface area contributed by atoms with Crippen molar-refractivity contribution < 1.29 is 14.6 Å². The largest absolute Gasteiger partial charge is 0.335 e. The van der Waals surface area contributed by atoms with Crippen LogP contribution >= 0.6 is 0 Å². The average Bonchev–Trinajstić information content (AvgIpc) is 2.41. The molecule has 0 aromatic heterocycles. The Morgan fingerprint density at radius 1 is 1.40 bits per heavy atom. The number of nitro benzene ring substituents is 1. The molecule has 0 bridgehead atoms. The van der Waals surface area contributed by atoms with Gasteiger partial charge in [-0.05, 0) is 13.0 Å². The number of carbonyl (C=O) groups is 1. The Hall–Kier alpha value is -1.99. The van der Waals surface area contributed by atoms with Crippen LogP contribution < -0.4 is 10.3 Å². The molecular formula is C13H19N4O3+. The Morgan fingerprint density at radius 3 is 2.65 bits per heavy atom. The van der Waals surface area contributed by atoms with E-state index < -0.39 is 4.92 Å². The number of piperazine rings is 1. The maximum absolute atomic E-state index is 12.2. The smallest absolute Gasteiger partial charge is 0.273 e. The summed E-state index contributed by atoms with van der Waals surface area (Å²) in [6, 6.07) is 4.55. The molecule has 1 saturated heterocycles. The predicted octanol–water partition coefficient (Wildman–Crippen LogP) is -0.622. The normalized spacial score (nSPS) is 16.9. The van der Waals surface area contributed by atoms with Gasteiger partial charge in [-0.3, -0.25) is 20.3 Å². The summed E-state index contributed by atoms with van der Waals surface area (Å²) >= 11 is 0. The number of nitrogens with one attached hydrogen (secondary N) is 2. The molecule has 0 atom stereocenters. The van der Waals surface area contributed by atoms with E-state index in [1.165, 1.54) is 17.0 Å². The highest BCUT2D eigenvalue weighted by Gasteiger charge is 2.22. The van der Waals surface area contributed by atoms with Gasteiger partial charge in [-0.1, -0.05) is 6.07 Å². The van der Waals surface area contributed by atoms with Gasteiger partial charge in [-0.15, -0.1) is 0 Å². The van der Waals surface area contributed by atoms with E-state index in [1.54, 1.807) is 13.0 Å². The number of likely N-dealkylation sites (N-methyl/N-ethyl adjacent to an activating group) is 1. The number of amides is 1. The quantitative estimate of drug-likeness (QED) is 0.571. The molecule has 108 valence electrons. The van der Waals surface area contributed by atoms with Crippen molar-refractivity contribution in [3.8, 4) is 0 Å². The fourth-order valence-corrected chi connectivity index (χ4v) is 2.27. The molecule has 2 N–H and O–H groups in total. The number of carbonyl (C=O) groups excluding carboxylic acids is 1. The zero-order valence-electron chi connectivity index (χ0n) is 11.7. The van der Waals surface area contributed by atoms with E-state index in [1.807, 2.05) is 5.01 Å². The first-order valence-electron chi connectivity index (χ1n) is 6.60. The topological polar surface area (TPSA) is 79.9 Å². The van der Waals surface area contributed by atoms with Gasteiger partial charge in [0.15, 0.2) is 0 Å². The Bertz CT molecular complexity index is 524. The van der Waals surface area contributed by atoms with Gasteiger partial charge in [0.05, 0.1) is 43.7 Å². The Kier molecular flexibility index (Phi) is 4.31. The summed E-state index contributed by atoms with van der Waals surface area (Å²) in [6.07, 6.45) is 0. The Morgan fingerprint density at radius 2 is 2.05 bits per heavy atom. The minimum atomic E-state index is -0.467. The third kappa shape index (κ3) is 3.12. The summed E-state index contributed by atoms with van der Waals surface area (Å²) in [5.74, 6) is -0.286. The Balaban J connectivity index is 2.10. The number of nitro groups is 1. The third-order valence-electron chi connectivity index (χ3n) is 3.62. The van der Waals surface area contributed by atoms with E-state index in [4.69, 9.17) is 0 Å². The molecule has 1 heterocycles. The number of hydrogen-bond donors (Lipinski definition) is 2. The van der Waals surface area contributed by atoms with Crippen molar-refractivity contribution in [3.05, 3.63) is 39.4 Å². The van der Waals surface area contributed by atoms with Gasteiger partial charge in [-0.2, -0.15) is 0 Å². The summed E-state index contributed by atoms with van der Waals surface area (Å²) < 4.78 is 0. The molecule has 7 nitrogen and oxygen atoms in total. The van der Waals surface area contributed by atoms with Crippen LogP contribution in [0.5, 0.6) is 0 Å². The molecule has 2 rings (SSSR count). The number of hydrazine groups is 1. The van der Waals surface area contributed by atoms with E-state index in [-0.39, 0.29) is 11.6 Å². The maximum Gasteiger partial charge on any atom is 0.273 e. The van der Waals surface area contributed by atoms with Crippen molar-refractivity contribution in [2.75, 3.05) is 33.2 Å². The van der Waals surface area contributed by atoms with Crippen LogP contribution in [0.4, 0.5) is 5.69 Å². The van der Waals surface area contributed by atoms with E-state index in [0.29, 0.717) is 11.1 Å². The highest BCUT2D eigenvalue weighted by Crippen LogP contribution is 2.20. The molecule has 1 aliphatic heterocycles. The summed E-state index contributed by atoms with van der Waals surface area (Å²) in [4.78, 5) is 24.1. The third-order valence-corrected chi connectivity index (χ3v) is 3.62. The van der Waals surface area contributed by atoms with Gasteiger partial charge >= 0.3 is 0 Å². The number of hydrogen-bond acceptors (Lipinski definition) is 4. The first kappa shape index (κ1) is 14.4. The van der Waals surface area contributed by atoms with Crippen LogP contribution in [0.15, 0.2) is 18.2 Å². The van der Waals surface area contributed by atoms with Crippen LogP contribution in [0.1, 0.15) is 15.9 Å². The van der Waals surface area contributed by atoms with Crippen LogP contribution in [0, 0.1) is 17.0 Å². The lowest BCUT2D eigenvalue weighted by atomic mass is 10.1. The van der Waals surface area contributed by atoms with Crippen LogP contribution in [0.25, 0.3) is 0 Å². The summed E-state index contributed by atoms with van der Waals surface area (Å²) in [5.41, 5.74) is 3.54. The number of rotatable bonds is 3. The molecule has 1 aliphatic rings. The first-order chi connectivity index (χ1) is 9.49. The lowest BCUT2D eigenvalue weighted by Gasteiger charge is -2.30. The molecule has 1 aromatic carbocycles. The molecule has 0 spiro atoms. The van der Waals surface area contributed by atoms with Crippen molar-refractivity contribution in [1.29, 1.82) is 0 Å². The SMILES string of the molecule is Cc1c(C(=O)NN2CC[NH+](C)CC2)cccc1[N+](=O)[O-]. The van der Waals surface area contributed by atoms with Crippen LogP contribution in [0.2, 0.25) is 0 Å². The average molecular weight is 279 g/mol. The summed E-state index contributed by atoms with van der Waals surface area (Å²) in [6.45, 7) is 5.10. The highest BCUT2D eigenvalue weighted by molar-refractivity contribution is 5.96. The van der Waals surface area contributed by atoms with Gasteiger partial charge in [0.25, 0.3) is 11.6 Å². The van der Waals surface area contributed by atoms with Crippen molar-refractivity contribution >= 4 is 11.6 Å². The predicted molar refractivity (Wildman–Crippen MR) is 73.5 cm³/mol. The monoisotopic (exact) mass is 279 g/mol. The second-order valence-corrected chi connectivity index (χ2v) is 5.09. The molecular weight excluding hydrogens is 260 g/mol. The van der Waals surface area contributed by atoms with Crippen LogP contribution in [-0.2, 0) is 0 Å². The van der Waals surface area contributed by atoms with Gasteiger partial charge in [0.1, 0.15) is 0 Å². The minimum absolute atomic E-state index is 0.0273. The number of quaternary nitrogens is 1. The highest BCUT2D eigenvalue weighted by atomic mass is 16.6. The molecule has 0 saturated carbocycles. The lowest BCUT2D eigenvalue weighted by Crippen LogP contribution is -3.12. The lowest BCUT2D eigenvalue weighted by molar-refractivity contribution is -0.884. The van der Waals surface area contributed by atoms with Crippen molar-refractivity contribution in [2.24, 2.45) is 0 Å². The van der Waals surface area contributed by atoms with E-state index in [0.717, 1.165) is 26.2 Å². The first-order valence-corrected chi connectivity index (χ1v) is 6.60. The van der Waals surface area contributed by atoms with Crippen molar-refractivity contribution in [3.63, 3.8) is 0 Å². The fourth-order valence-electron chi connectivity index (χ4n) is 2.27. The van der Waals surface area contributed by atoms with Gasteiger partial charge in [-0.25, -0.2) is 5.01 Å². The number of benzene rings is 1. The van der Waals surface area contributed by atoms with E-state index >= 15 is 0 Å². The molecule has 7 heteroatoms. The van der Waals surface area contributed by atoms with Gasteiger partial charge in [0, 0.05) is 11.6 Å². The second kappa shape index (κ2) is 5.98. The standard InChI is InChI=1S/C13H18N4O3/c1-10-11(4-3-5-12(10)17(19)20)13(18)14-16-8-6-15(2)7-9-16/h3-5H,6-9H2,1-2H3,(H,14,18)/p+1. The van der Waals surface area contributed by atoms with E-state index in [9.17, 15) is 14.9 Å². The molecule has 20 heavy (non-hydrogen) atoms.